The maximum atomic E-state index is 12.2. The molecule has 0 saturated carbocycles. The van der Waals surface area contributed by atoms with Crippen molar-refractivity contribution in [1.82, 2.24) is 14.8 Å². The highest BCUT2D eigenvalue weighted by Crippen LogP contribution is 2.23. The maximum absolute atomic E-state index is 12.2. The van der Waals surface area contributed by atoms with Crippen molar-refractivity contribution >= 4 is 23.2 Å². The van der Waals surface area contributed by atoms with Crippen LogP contribution in [-0.4, -0.2) is 47.0 Å². The van der Waals surface area contributed by atoms with E-state index in [4.69, 9.17) is 0 Å². The number of anilines is 1. The lowest BCUT2D eigenvalue weighted by Gasteiger charge is -2.37. The first-order valence-electron chi connectivity index (χ1n) is 7.47. The zero-order chi connectivity index (χ0) is 15.4. The molecule has 1 saturated heterocycles. The van der Waals surface area contributed by atoms with Gasteiger partial charge >= 0.3 is 6.03 Å². The fraction of sp³-hybridized carbons (Fsp3) is 0.375. The van der Waals surface area contributed by atoms with E-state index in [2.05, 4.69) is 39.0 Å². The van der Waals surface area contributed by atoms with Crippen molar-refractivity contribution in [3.63, 3.8) is 0 Å². The summed E-state index contributed by atoms with van der Waals surface area (Å²) in [5.74, 6) is 0.599. The fourth-order valence-corrected chi connectivity index (χ4v) is 3.41. The summed E-state index contributed by atoms with van der Waals surface area (Å²) in [6.07, 6.45) is 1.68. The van der Waals surface area contributed by atoms with Crippen LogP contribution in [0.25, 0.3) is 0 Å². The minimum absolute atomic E-state index is 0.0680. The monoisotopic (exact) mass is 316 g/mol. The van der Waals surface area contributed by atoms with Crippen molar-refractivity contribution in [2.45, 2.75) is 13.0 Å². The highest BCUT2D eigenvalue weighted by Gasteiger charge is 2.24. The molecule has 6 heteroatoms. The zero-order valence-corrected chi connectivity index (χ0v) is 13.4. The molecule has 3 heterocycles. The standard InChI is InChI=1S/C16H20N4OS/c1-13(14-5-11-22-12-14)19-7-9-20(10-8-19)16(21)18-15-4-2-3-6-17-15/h2-6,11-13H,7-10H2,1H3,(H,17,18,21). The highest BCUT2D eigenvalue weighted by atomic mass is 32.1. The summed E-state index contributed by atoms with van der Waals surface area (Å²) < 4.78 is 0. The number of carbonyl (C=O) groups excluding carboxylic acids is 1. The second-order valence-corrected chi connectivity index (χ2v) is 6.18. The minimum atomic E-state index is -0.0680. The van der Waals surface area contributed by atoms with Crippen molar-refractivity contribution in [3.05, 3.63) is 46.8 Å². The molecular weight excluding hydrogens is 296 g/mol. The van der Waals surface area contributed by atoms with Gasteiger partial charge in [0.05, 0.1) is 0 Å². The maximum Gasteiger partial charge on any atom is 0.323 e. The van der Waals surface area contributed by atoms with E-state index in [1.165, 1.54) is 5.56 Å². The van der Waals surface area contributed by atoms with Crippen LogP contribution >= 0.6 is 11.3 Å². The van der Waals surface area contributed by atoms with Gasteiger partial charge in [-0.15, -0.1) is 0 Å². The highest BCUT2D eigenvalue weighted by molar-refractivity contribution is 7.07. The van der Waals surface area contributed by atoms with Gasteiger partial charge in [-0.25, -0.2) is 9.78 Å². The van der Waals surface area contributed by atoms with Crippen LogP contribution < -0.4 is 5.32 Å². The first-order chi connectivity index (χ1) is 10.7. The second-order valence-electron chi connectivity index (χ2n) is 5.40. The van der Waals surface area contributed by atoms with Crippen LogP contribution in [0.5, 0.6) is 0 Å². The number of aromatic nitrogens is 1. The van der Waals surface area contributed by atoms with Gasteiger partial charge in [0.25, 0.3) is 0 Å². The third-order valence-corrected chi connectivity index (χ3v) is 4.78. The summed E-state index contributed by atoms with van der Waals surface area (Å²) in [5, 5.41) is 7.15. The number of urea groups is 1. The van der Waals surface area contributed by atoms with Gasteiger partial charge in [-0.2, -0.15) is 11.3 Å². The number of hydrogen-bond acceptors (Lipinski definition) is 4. The first-order valence-corrected chi connectivity index (χ1v) is 8.41. The third-order valence-electron chi connectivity index (χ3n) is 4.07. The van der Waals surface area contributed by atoms with Gasteiger partial charge in [0.1, 0.15) is 5.82 Å². The molecule has 0 bridgehead atoms. The predicted molar refractivity (Wildman–Crippen MR) is 89.1 cm³/mol. The molecule has 1 unspecified atom stereocenters. The Morgan fingerprint density at radius 3 is 2.73 bits per heavy atom. The summed E-state index contributed by atoms with van der Waals surface area (Å²) in [6.45, 7) is 5.51. The molecule has 1 aliphatic heterocycles. The Morgan fingerprint density at radius 2 is 2.09 bits per heavy atom. The molecule has 3 rings (SSSR count). The molecule has 116 valence electrons. The first kappa shape index (κ1) is 15.0. The Bertz CT molecular complexity index is 594. The number of thiophene rings is 1. The van der Waals surface area contributed by atoms with Crippen LogP contribution in [0.3, 0.4) is 0 Å². The van der Waals surface area contributed by atoms with E-state index in [1.54, 1.807) is 23.6 Å². The summed E-state index contributed by atoms with van der Waals surface area (Å²) in [5.41, 5.74) is 1.36. The molecule has 0 aliphatic carbocycles. The number of carbonyl (C=O) groups is 1. The fourth-order valence-electron chi connectivity index (χ4n) is 2.66. The third kappa shape index (κ3) is 3.45. The van der Waals surface area contributed by atoms with Gasteiger partial charge in [-0.05, 0) is 41.4 Å². The van der Waals surface area contributed by atoms with Gasteiger partial charge in [0, 0.05) is 38.4 Å². The van der Waals surface area contributed by atoms with E-state index in [-0.39, 0.29) is 6.03 Å². The number of nitrogens with one attached hydrogen (secondary N) is 1. The second kappa shape index (κ2) is 6.89. The molecule has 1 aliphatic rings. The quantitative estimate of drug-likeness (QED) is 0.947. The van der Waals surface area contributed by atoms with E-state index in [0.717, 1.165) is 26.2 Å². The summed E-state index contributed by atoms with van der Waals surface area (Å²) >= 11 is 1.73. The lowest BCUT2D eigenvalue weighted by atomic mass is 10.1. The topological polar surface area (TPSA) is 48.5 Å². The molecule has 1 atom stereocenters. The largest absolute Gasteiger partial charge is 0.323 e. The van der Waals surface area contributed by atoms with E-state index >= 15 is 0 Å². The lowest BCUT2D eigenvalue weighted by molar-refractivity contribution is 0.119. The molecule has 1 N–H and O–H groups in total. The molecule has 1 fully saturated rings. The molecule has 5 nitrogen and oxygen atoms in total. The van der Waals surface area contributed by atoms with Crippen molar-refractivity contribution in [1.29, 1.82) is 0 Å². The van der Waals surface area contributed by atoms with Crippen LogP contribution in [0.2, 0.25) is 0 Å². The van der Waals surface area contributed by atoms with Crippen LogP contribution in [-0.2, 0) is 0 Å². The van der Waals surface area contributed by atoms with Crippen molar-refractivity contribution in [2.24, 2.45) is 0 Å². The van der Waals surface area contributed by atoms with Gasteiger partial charge in [0.15, 0.2) is 0 Å². The Kier molecular flexibility index (Phi) is 4.70. The average molecular weight is 316 g/mol. The number of amides is 2. The average Bonchev–Trinajstić information content (AvgIpc) is 3.10. The minimum Gasteiger partial charge on any atom is -0.322 e. The Hall–Kier alpha value is -1.92. The van der Waals surface area contributed by atoms with Crippen molar-refractivity contribution < 1.29 is 4.79 Å². The van der Waals surface area contributed by atoms with Gasteiger partial charge in [-0.1, -0.05) is 6.07 Å². The molecule has 0 radical (unpaired) electrons. The van der Waals surface area contributed by atoms with E-state index in [9.17, 15) is 4.79 Å². The van der Waals surface area contributed by atoms with Crippen LogP contribution in [0.15, 0.2) is 41.2 Å². The number of hydrogen-bond donors (Lipinski definition) is 1. The number of rotatable bonds is 3. The van der Waals surface area contributed by atoms with Crippen LogP contribution in [0.4, 0.5) is 10.6 Å². The molecular formula is C16H20N4OS. The Labute approximate surface area is 134 Å². The number of pyridine rings is 1. The molecule has 0 spiro atoms. The zero-order valence-electron chi connectivity index (χ0n) is 12.6. The SMILES string of the molecule is CC(c1ccsc1)N1CCN(C(=O)Nc2ccccn2)CC1. The van der Waals surface area contributed by atoms with Gasteiger partial charge < -0.3 is 4.90 Å². The lowest BCUT2D eigenvalue weighted by Crippen LogP contribution is -2.50. The predicted octanol–water partition coefficient (Wildman–Crippen LogP) is 3.05. The Morgan fingerprint density at radius 1 is 1.27 bits per heavy atom. The smallest absolute Gasteiger partial charge is 0.322 e. The molecule has 2 aromatic rings. The van der Waals surface area contributed by atoms with Crippen molar-refractivity contribution in [3.8, 4) is 0 Å². The molecule has 2 aromatic heterocycles. The summed E-state index contributed by atoms with van der Waals surface area (Å²) in [7, 11) is 0. The van der Waals surface area contributed by atoms with Gasteiger partial charge in [-0.3, -0.25) is 10.2 Å². The normalized spacial score (nSPS) is 17.2. The molecule has 0 aromatic carbocycles. The summed E-state index contributed by atoms with van der Waals surface area (Å²) in [4.78, 5) is 20.6. The summed E-state index contributed by atoms with van der Waals surface area (Å²) in [6, 6.07) is 8.01. The van der Waals surface area contributed by atoms with Crippen molar-refractivity contribution in [2.75, 3.05) is 31.5 Å². The molecule has 2 amide bonds. The van der Waals surface area contributed by atoms with E-state index < -0.39 is 0 Å². The molecule has 22 heavy (non-hydrogen) atoms. The number of piperazine rings is 1. The van der Waals surface area contributed by atoms with Gasteiger partial charge in [0.2, 0.25) is 0 Å². The van der Waals surface area contributed by atoms with Crippen LogP contribution in [0, 0.1) is 0 Å². The van der Waals surface area contributed by atoms with E-state index in [0.29, 0.717) is 11.9 Å². The number of nitrogens with zero attached hydrogens (tertiary/aromatic N) is 3. The van der Waals surface area contributed by atoms with Crippen LogP contribution in [0.1, 0.15) is 18.5 Å². The van der Waals surface area contributed by atoms with E-state index in [1.807, 2.05) is 17.0 Å². The Balaban J connectivity index is 1.52.